The maximum Gasteiger partial charge on any atom is 0.313 e. The van der Waals surface area contributed by atoms with Gasteiger partial charge < -0.3 is 19.8 Å². The fourth-order valence-corrected chi connectivity index (χ4v) is 3.45. The first kappa shape index (κ1) is 22.0. The van der Waals surface area contributed by atoms with Gasteiger partial charge in [0.15, 0.2) is 12.2 Å². The Morgan fingerprint density at radius 2 is 1.81 bits per heavy atom. The van der Waals surface area contributed by atoms with E-state index in [2.05, 4.69) is 20.6 Å². The number of pyridine rings is 1. The average Bonchev–Trinajstić information content (AvgIpc) is 3.20. The number of rotatable bonds is 6. The first-order valence-corrected chi connectivity index (χ1v) is 9.81. The number of amides is 2. The summed E-state index contributed by atoms with van der Waals surface area (Å²) >= 11 is 0. The molecule has 0 aliphatic heterocycles. The first-order chi connectivity index (χ1) is 14.7. The van der Waals surface area contributed by atoms with Crippen LogP contribution in [0, 0.1) is 13.8 Å². The molecule has 3 aromatic rings. The third kappa shape index (κ3) is 5.69. The van der Waals surface area contributed by atoms with Gasteiger partial charge in [-0.05, 0) is 63.9 Å². The van der Waals surface area contributed by atoms with Crippen LogP contribution in [0.4, 0.5) is 5.69 Å². The number of oxazole rings is 1. The molecule has 0 aliphatic rings. The van der Waals surface area contributed by atoms with Gasteiger partial charge in [-0.1, -0.05) is 0 Å². The van der Waals surface area contributed by atoms with Crippen molar-refractivity contribution in [3.8, 4) is 17.1 Å². The van der Waals surface area contributed by atoms with Crippen LogP contribution in [-0.4, -0.2) is 34.4 Å². The number of ether oxygens (including phenoxy) is 1. The van der Waals surface area contributed by atoms with Gasteiger partial charge >= 0.3 is 11.8 Å². The Hall–Kier alpha value is -3.68. The zero-order valence-corrected chi connectivity index (χ0v) is 18.3. The SMILES string of the molecule is COc1cc(NC(=O)C(=O)NC(C)(C)Cc2cc(C)nc(C)c2)ccc1-c1cnco1. The number of hydrogen-bond acceptors (Lipinski definition) is 6. The lowest BCUT2D eigenvalue weighted by Crippen LogP contribution is -2.49. The van der Waals surface area contributed by atoms with Gasteiger partial charge in [-0.25, -0.2) is 4.98 Å². The molecule has 3 rings (SSSR count). The summed E-state index contributed by atoms with van der Waals surface area (Å²) in [7, 11) is 1.51. The summed E-state index contributed by atoms with van der Waals surface area (Å²) < 4.78 is 10.7. The zero-order chi connectivity index (χ0) is 22.6. The second kappa shape index (κ2) is 8.99. The number of carbonyl (C=O) groups is 2. The van der Waals surface area contributed by atoms with Gasteiger partial charge in [0.2, 0.25) is 0 Å². The zero-order valence-electron chi connectivity index (χ0n) is 18.3. The molecule has 0 bridgehead atoms. The smallest absolute Gasteiger partial charge is 0.313 e. The van der Waals surface area contributed by atoms with E-state index < -0.39 is 17.4 Å². The first-order valence-electron chi connectivity index (χ1n) is 9.81. The third-order valence-electron chi connectivity index (χ3n) is 4.60. The predicted octanol–water partition coefficient (Wildman–Crippen LogP) is 3.44. The van der Waals surface area contributed by atoms with E-state index in [9.17, 15) is 9.59 Å². The second-order valence-corrected chi connectivity index (χ2v) is 8.01. The Bertz CT molecular complexity index is 1070. The monoisotopic (exact) mass is 422 g/mol. The van der Waals surface area contributed by atoms with Crippen molar-refractivity contribution in [3.63, 3.8) is 0 Å². The van der Waals surface area contributed by atoms with Crippen LogP contribution in [0.15, 0.2) is 47.3 Å². The Morgan fingerprint density at radius 1 is 1.10 bits per heavy atom. The Kier molecular flexibility index (Phi) is 6.39. The Morgan fingerprint density at radius 3 is 2.42 bits per heavy atom. The molecule has 0 saturated heterocycles. The molecular formula is C23H26N4O4. The molecule has 0 unspecified atom stereocenters. The summed E-state index contributed by atoms with van der Waals surface area (Å²) in [5.41, 5.74) is 3.37. The van der Waals surface area contributed by atoms with Crippen LogP contribution in [0.5, 0.6) is 5.75 Å². The van der Waals surface area contributed by atoms with Crippen molar-refractivity contribution in [1.82, 2.24) is 15.3 Å². The van der Waals surface area contributed by atoms with E-state index in [4.69, 9.17) is 9.15 Å². The lowest BCUT2D eigenvalue weighted by molar-refractivity contribution is -0.137. The minimum absolute atomic E-state index is 0.429. The topological polar surface area (TPSA) is 106 Å². The van der Waals surface area contributed by atoms with Crippen LogP contribution in [0.25, 0.3) is 11.3 Å². The Balaban J connectivity index is 1.66. The largest absolute Gasteiger partial charge is 0.496 e. The fraction of sp³-hybridized carbons (Fsp3) is 0.304. The molecule has 2 aromatic heterocycles. The fourth-order valence-electron chi connectivity index (χ4n) is 3.45. The van der Waals surface area contributed by atoms with Crippen molar-refractivity contribution >= 4 is 17.5 Å². The molecule has 0 spiro atoms. The highest BCUT2D eigenvalue weighted by Crippen LogP contribution is 2.32. The van der Waals surface area contributed by atoms with Crippen LogP contribution in [0.3, 0.4) is 0 Å². The summed E-state index contributed by atoms with van der Waals surface area (Å²) in [5, 5.41) is 5.41. The van der Waals surface area contributed by atoms with Crippen molar-refractivity contribution in [2.24, 2.45) is 0 Å². The van der Waals surface area contributed by atoms with Gasteiger partial charge in [0.05, 0.1) is 18.9 Å². The summed E-state index contributed by atoms with van der Waals surface area (Å²) in [6.45, 7) is 7.60. The van der Waals surface area contributed by atoms with Gasteiger partial charge in [0.25, 0.3) is 0 Å². The molecule has 162 valence electrons. The normalized spacial score (nSPS) is 11.1. The molecule has 0 atom stereocenters. The number of carbonyl (C=O) groups excluding carboxylic acids is 2. The van der Waals surface area contributed by atoms with Gasteiger partial charge in [-0.15, -0.1) is 0 Å². The number of aromatic nitrogens is 2. The van der Waals surface area contributed by atoms with Crippen LogP contribution in [-0.2, 0) is 16.0 Å². The highest BCUT2D eigenvalue weighted by molar-refractivity contribution is 6.39. The maximum atomic E-state index is 12.5. The molecule has 0 radical (unpaired) electrons. The highest BCUT2D eigenvalue weighted by Gasteiger charge is 2.25. The van der Waals surface area contributed by atoms with Gasteiger partial charge in [0.1, 0.15) is 5.75 Å². The number of nitrogens with zero attached hydrogens (tertiary/aromatic N) is 2. The molecular weight excluding hydrogens is 396 g/mol. The van der Waals surface area contributed by atoms with E-state index in [-0.39, 0.29) is 0 Å². The van der Waals surface area contributed by atoms with Crippen LogP contribution in [0.2, 0.25) is 0 Å². The van der Waals surface area contributed by atoms with E-state index in [1.807, 2.05) is 39.8 Å². The van der Waals surface area contributed by atoms with E-state index in [1.54, 1.807) is 24.4 Å². The van der Waals surface area contributed by atoms with Crippen LogP contribution >= 0.6 is 0 Å². The van der Waals surface area contributed by atoms with Crippen molar-refractivity contribution in [3.05, 3.63) is 59.9 Å². The molecule has 2 N–H and O–H groups in total. The number of hydrogen-bond donors (Lipinski definition) is 2. The van der Waals surface area contributed by atoms with Crippen molar-refractivity contribution in [2.75, 3.05) is 12.4 Å². The van der Waals surface area contributed by atoms with E-state index in [0.29, 0.717) is 29.2 Å². The van der Waals surface area contributed by atoms with Crippen molar-refractivity contribution < 1.29 is 18.7 Å². The summed E-state index contributed by atoms with van der Waals surface area (Å²) in [4.78, 5) is 33.2. The Labute approximate surface area is 181 Å². The maximum absolute atomic E-state index is 12.5. The number of methoxy groups -OCH3 is 1. The van der Waals surface area contributed by atoms with Gasteiger partial charge in [-0.2, -0.15) is 0 Å². The van der Waals surface area contributed by atoms with Crippen LogP contribution in [0.1, 0.15) is 30.8 Å². The van der Waals surface area contributed by atoms with E-state index in [0.717, 1.165) is 17.0 Å². The standard InChI is InChI=1S/C23H26N4O4/c1-14-8-16(9-15(2)25-14)11-23(3,4)27-22(29)21(28)26-17-6-7-18(19(10-17)30-5)20-12-24-13-31-20/h6-10,12-13H,11H2,1-5H3,(H,26,28)(H,27,29). The highest BCUT2D eigenvalue weighted by atomic mass is 16.5. The average molecular weight is 422 g/mol. The molecule has 1 aromatic carbocycles. The molecule has 0 aliphatic carbocycles. The minimum atomic E-state index is -0.760. The van der Waals surface area contributed by atoms with E-state index >= 15 is 0 Å². The third-order valence-corrected chi connectivity index (χ3v) is 4.60. The summed E-state index contributed by atoms with van der Waals surface area (Å²) in [5.74, 6) is -0.454. The van der Waals surface area contributed by atoms with Crippen molar-refractivity contribution in [1.29, 1.82) is 0 Å². The number of nitrogens with one attached hydrogen (secondary N) is 2. The predicted molar refractivity (Wildman–Crippen MR) is 117 cm³/mol. The molecule has 31 heavy (non-hydrogen) atoms. The van der Waals surface area contributed by atoms with E-state index in [1.165, 1.54) is 13.5 Å². The molecule has 2 heterocycles. The van der Waals surface area contributed by atoms with Crippen LogP contribution < -0.4 is 15.4 Å². The quantitative estimate of drug-likeness (QED) is 0.590. The second-order valence-electron chi connectivity index (χ2n) is 8.01. The van der Waals surface area contributed by atoms with Gasteiger partial charge in [-0.3, -0.25) is 14.6 Å². The molecule has 2 amide bonds. The number of anilines is 1. The lowest BCUT2D eigenvalue weighted by Gasteiger charge is -2.26. The van der Waals surface area contributed by atoms with Crippen molar-refractivity contribution in [2.45, 2.75) is 39.7 Å². The molecule has 0 fully saturated rings. The molecule has 0 saturated carbocycles. The number of benzene rings is 1. The number of aryl methyl sites for hydroxylation is 2. The lowest BCUT2D eigenvalue weighted by atomic mass is 9.94. The summed E-state index contributed by atoms with van der Waals surface area (Å²) in [6, 6.07) is 8.97. The minimum Gasteiger partial charge on any atom is -0.496 e. The van der Waals surface area contributed by atoms with Gasteiger partial charge in [0, 0.05) is 28.7 Å². The molecule has 8 heteroatoms. The summed E-state index contributed by atoms with van der Waals surface area (Å²) in [6.07, 6.45) is 3.46. The molecule has 8 nitrogen and oxygen atoms in total.